The van der Waals surface area contributed by atoms with Crippen molar-refractivity contribution in [3.8, 4) is 5.75 Å². The van der Waals surface area contributed by atoms with Crippen LogP contribution >= 0.6 is 24.0 Å². The average molecular weight is 565 g/mol. The van der Waals surface area contributed by atoms with Gasteiger partial charge < -0.3 is 10.1 Å². The highest BCUT2D eigenvalue weighted by molar-refractivity contribution is 8.26. The molecule has 0 spiro atoms. The minimum atomic E-state index is -0.211. The van der Waals surface area contributed by atoms with Crippen LogP contribution in [0.2, 0.25) is 0 Å². The minimum Gasteiger partial charge on any atom is -0.497 e. The third-order valence-electron chi connectivity index (χ3n) is 6.84. The third kappa shape index (κ3) is 7.08. The quantitative estimate of drug-likeness (QED) is 0.150. The lowest BCUT2D eigenvalue weighted by atomic mass is 10.1. The first-order valence-electron chi connectivity index (χ1n) is 13.6. The second-order valence-corrected chi connectivity index (χ2v) is 11.4. The summed E-state index contributed by atoms with van der Waals surface area (Å²) in [6.07, 6.45) is 11.1. The van der Waals surface area contributed by atoms with Crippen molar-refractivity contribution in [1.82, 2.24) is 14.3 Å². The summed E-state index contributed by atoms with van der Waals surface area (Å²) in [4.78, 5) is 33.8. The van der Waals surface area contributed by atoms with Crippen molar-refractivity contribution in [3.05, 3.63) is 74.5 Å². The Kier molecular flexibility index (Phi) is 10.2. The summed E-state index contributed by atoms with van der Waals surface area (Å²) in [5.41, 5.74) is 2.77. The number of aryl methyl sites for hydroxylation is 1. The molecule has 3 aromatic rings. The standard InChI is InChI=1S/C30H36N4O3S2/c1-4-5-6-7-8-9-17-31-26-24(28(35)33-18-10-11-21(2)27(33)32-26)20-25-29(36)34(30(38)39-25)19-16-22-12-14-23(37-3)15-13-22/h10-15,18,20,31H,4-9,16-17,19H2,1-3H3. The number of thiocarbonyl (C=S) groups is 1. The number of nitrogens with zero attached hydrogens (tertiary/aromatic N) is 3. The molecule has 0 atom stereocenters. The van der Waals surface area contributed by atoms with E-state index in [9.17, 15) is 9.59 Å². The van der Waals surface area contributed by atoms with E-state index in [0.29, 0.717) is 45.8 Å². The molecular weight excluding hydrogens is 528 g/mol. The lowest BCUT2D eigenvalue weighted by molar-refractivity contribution is -0.122. The number of hydrogen-bond donors (Lipinski definition) is 1. The van der Waals surface area contributed by atoms with E-state index in [1.807, 2.05) is 43.3 Å². The SMILES string of the molecule is CCCCCCCCNc1nc2c(C)cccn2c(=O)c1C=C1SC(=S)N(CCc2ccc(OC)cc2)C1=O. The lowest BCUT2D eigenvalue weighted by Gasteiger charge is -2.14. The summed E-state index contributed by atoms with van der Waals surface area (Å²) >= 11 is 6.78. The fraction of sp³-hybridized carbons (Fsp3) is 0.400. The van der Waals surface area contributed by atoms with Crippen LogP contribution in [0.3, 0.4) is 0 Å². The molecular formula is C30H36N4O3S2. The Labute approximate surface area is 239 Å². The number of fused-ring (bicyclic) bond motifs is 1. The molecule has 1 aromatic carbocycles. The number of unbranched alkanes of at least 4 members (excludes halogenated alkanes) is 5. The highest BCUT2D eigenvalue weighted by Gasteiger charge is 2.32. The van der Waals surface area contributed by atoms with E-state index >= 15 is 0 Å². The second-order valence-electron chi connectivity index (χ2n) is 9.69. The number of amides is 1. The van der Waals surface area contributed by atoms with Crippen LogP contribution in [0, 0.1) is 6.92 Å². The maximum atomic E-state index is 13.6. The Balaban J connectivity index is 1.55. The summed E-state index contributed by atoms with van der Waals surface area (Å²) in [5, 5.41) is 3.39. The van der Waals surface area contributed by atoms with Crippen molar-refractivity contribution < 1.29 is 9.53 Å². The molecule has 1 N–H and O–H groups in total. The Hall–Kier alpha value is -3.17. The Bertz CT molecular complexity index is 1420. The van der Waals surface area contributed by atoms with E-state index in [4.69, 9.17) is 21.9 Å². The van der Waals surface area contributed by atoms with Crippen LogP contribution in [-0.2, 0) is 11.2 Å². The molecule has 1 aliphatic rings. The summed E-state index contributed by atoms with van der Waals surface area (Å²) in [7, 11) is 1.63. The maximum absolute atomic E-state index is 13.6. The number of thioether (sulfide) groups is 1. The summed E-state index contributed by atoms with van der Waals surface area (Å²) in [6, 6.07) is 11.5. The van der Waals surface area contributed by atoms with Gasteiger partial charge in [0.05, 0.1) is 17.6 Å². The van der Waals surface area contributed by atoms with Crippen LogP contribution in [0.4, 0.5) is 5.82 Å². The van der Waals surface area contributed by atoms with Gasteiger partial charge in [-0.1, -0.05) is 81.2 Å². The summed E-state index contributed by atoms with van der Waals surface area (Å²) in [6.45, 7) is 5.33. The zero-order valence-corrected chi connectivity index (χ0v) is 24.5. The lowest BCUT2D eigenvalue weighted by Crippen LogP contribution is -2.30. The van der Waals surface area contributed by atoms with E-state index in [2.05, 4.69) is 12.2 Å². The number of benzene rings is 1. The molecule has 7 nitrogen and oxygen atoms in total. The molecule has 0 radical (unpaired) electrons. The Morgan fingerprint density at radius 1 is 1.08 bits per heavy atom. The number of aromatic nitrogens is 2. The van der Waals surface area contributed by atoms with Crippen LogP contribution in [0.1, 0.15) is 62.1 Å². The Morgan fingerprint density at radius 3 is 2.56 bits per heavy atom. The van der Waals surface area contributed by atoms with Crippen molar-refractivity contribution in [1.29, 1.82) is 0 Å². The maximum Gasteiger partial charge on any atom is 0.267 e. The number of methoxy groups -OCH3 is 1. The van der Waals surface area contributed by atoms with Gasteiger partial charge >= 0.3 is 0 Å². The van der Waals surface area contributed by atoms with Crippen molar-refractivity contribution in [2.24, 2.45) is 0 Å². The van der Waals surface area contributed by atoms with Gasteiger partial charge in [0.2, 0.25) is 0 Å². The molecule has 1 amide bonds. The van der Waals surface area contributed by atoms with Gasteiger partial charge in [-0.2, -0.15) is 0 Å². The zero-order chi connectivity index (χ0) is 27.8. The van der Waals surface area contributed by atoms with Gasteiger partial charge in [-0.05, 0) is 55.2 Å². The van der Waals surface area contributed by atoms with Crippen LogP contribution in [0.25, 0.3) is 11.7 Å². The van der Waals surface area contributed by atoms with Crippen LogP contribution in [-0.4, -0.2) is 44.7 Å². The fourth-order valence-corrected chi connectivity index (χ4v) is 5.84. The number of rotatable bonds is 13. The van der Waals surface area contributed by atoms with Crippen molar-refractivity contribution in [2.75, 3.05) is 25.5 Å². The van der Waals surface area contributed by atoms with Gasteiger partial charge in [-0.25, -0.2) is 4.98 Å². The van der Waals surface area contributed by atoms with E-state index in [0.717, 1.165) is 29.7 Å². The van der Waals surface area contributed by atoms with Crippen molar-refractivity contribution in [3.63, 3.8) is 0 Å². The van der Waals surface area contributed by atoms with Gasteiger partial charge in [0.1, 0.15) is 21.5 Å². The Morgan fingerprint density at radius 2 is 1.82 bits per heavy atom. The molecule has 0 saturated carbocycles. The normalized spacial score (nSPS) is 14.5. The average Bonchev–Trinajstić information content (AvgIpc) is 3.21. The van der Waals surface area contributed by atoms with Crippen molar-refractivity contribution >= 4 is 51.7 Å². The minimum absolute atomic E-state index is 0.186. The van der Waals surface area contributed by atoms with Crippen LogP contribution in [0.5, 0.6) is 5.75 Å². The molecule has 0 bridgehead atoms. The predicted octanol–water partition coefficient (Wildman–Crippen LogP) is 6.23. The molecule has 3 heterocycles. The molecule has 0 unspecified atom stereocenters. The molecule has 0 aliphatic carbocycles. The number of nitrogens with one attached hydrogen (secondary N) is 1. The predicted molar refractivity (Wildman–Crippen MR) is 165 cm³/mol. The topological polar surface area (TPSA) is 75.9 Å². The largest absolute Gasteiger partial charge is 0.497 e. The molecule has 2 aromatic heterocycles. The van der Waals surface area contributed by atoms with Gasteiger partial charge in [0.15, 0.2) is 0 Å². The van der Waals surface area contributed by atoms with E-state index < -0.39 is 0 Å². The molecule has 39 heavy (non-hydrogen) atoms. The van der Waals surface area contributed by atoms with E-state index in [1.165, 1.54) is 37.4 Å². The number of anilines is 1. The smallest absolute Gasteiger partial charge is 0.267 e. The first kappa shape index (κ1) is 28.8. The number of ether oxygens (including phenoxy) is 1. The molecule has 1 fully saturated rings. The highest BCUT2D eigenvalue weighted by Crippen LogP contribution is 2.33. The summed E-state index contributed by atoms with van der Waals surface area (Å²) < 4.78 is 7.26. The van der Waals surface area contributed by atoms with Gasteiger partial charge in [-0.15, -0.1) is 0 Å². The number of carbonyl (C=O) groups is 1. The molecule has 206 valence electrons. The number of hydrogen-bond acceptors (Lipinski definition) is 7. The van der Waals surface area contributed by atoms with Gasteiger partial charge in [-0.3, -0.25) is 18.9 Å². The van der Waals surface area contributed by atoms with Crippen molar-refractivity contribution in [2.45, 2.75) is 58.8 Å². The second kappa shape index (κ2) is 13.8. The zero-order valence-electron chi connectivity index (χ0n) is 22.9. The van der Waals surface area contributed by atoms with Gasteiger partial charge in [0.25, 0.3) is 11.5 Å². The highest BCUT2D eigenvalue weighted by atomic mass is 32.2. The molecule has 9 heteroatoms. The fourth-order valence-electron chi connectivity index (χ4n) is 4.55. The first-order valence-corrected chi connectivity index (χ1v) is 14.8. The monoisotopic (exact) mass is 564 g/mol. The van der Waals surface area contributed by atoms with Crippen LogP contribution in [0.15, 0.2) is 52.3 Å². The number of pyridine rings is 1. The first-order chi connectivity index (χ1) is 18.9. The van der Waals surface area contributed by atoms with E-state index in [-0.39, 0.29) is 11.5 Å². The third-order valence-corrected chi connectivity index (χ3v) is 8.22. The number of carbonyl (C=O) groups excluding carboxylic acids is 1. The molecule has 1 saturated heterocycles. The molecule has 1 aliphatic heterocycles. The van der Waals surface area contributed by atoms with Gasteiger partial charge in [0, 0.05) is 19.3 Å². The summed E-state index contributed by atoms with van der Waals surface area (Å²) in [5.74, 6) is 1.11. The van der Waals surface area contributed by atoms with Crippen LogP contribution < -0.4 is 15.6 Å². The molecule has 4 rings (SSSR count). The van der Waals surface area contributed by atoms with E-state index in [1.54, 1.807) is 28.7 Å².